The van der Waals surface area contributed by atoms with Crippen molar-refractivity contribution in [3.8, 4) is 0 Å². The molecule has 186 valence electrons. The van der Waals surface area contributed by atoms with Crippen LogP contribution in [-0.2, 0) is 23.9 Å². The quantitative estimate of drug-likeness (QED) is 0.343. The lowest BCUT2D eigenvalue weighted by Crippen LogP contribution is -2.28. The Morgan fingerprint density at radius 2 is 1.86 bits per heavy atom. The molecular formula is C25H26BrClN2O6. The first-order chi connectivity index (χ1) is 16.7. The zero-order valence-corrected chi connectivity index (χ0v) is 21.8. The van der Waals surface area contributed by atoms with Gasteiger partial charge in [0.25, 0.3) is 5.91 Å². The summed E-state index contributed by atoms with van der Waals surface area (Å²) in [5.74, 6) is -2.49. The minimum Gasteiger partial charge on any atom is -0.462 e. The van der Waals surface area contributed by atoms with Crippen LogP contribution in [0, 0.1) is 12.8 Å². The van der Waals surface area contributed by atoms with Crippen LogP contribution in [0.1, 0.15) is 42.1 Å². The van der Waals surface area contributed by atoms with E-state index in [4.69, 9.17) is 21.1 Å². The minimum absolute atomic E-state index is 0.0251. The van der Waals surface area contributed by atoms with Gasteiger partial charge in [-0.2, -0.15) is 0 Å². The Labute approximate surface area is 217 Å². The van der Waals surface area contributed by atoms with Gasteiger partial charge in [0.15, 0.2) is 6.61 Å². The molecule has 0 bridgehead atoms. The van der Waals surface area contributed by atoms with Crippen LogP contribution in [-0.4, -0.2) is 43.5 Å². The zero-order valence-electron chi connectivity index (χ0n) is 19.4. The molecule has 2 amide bonds. The van der Waals surface area contributed by atoms with E-state index >= 15 is 0 Å². The SMILES string of the molecule is CCCCOC(=O)c1ccc(N2C[C@H](C(=O)OCC(=O)Nc3ccc(Br)c(Cl)c3C)CC2=O)cc1. The normalized spacial score (nSPS) is 15.1. The summed E-state index contributed by atoms with van der Waals surface area (Å²) in [4.78, 5) is 50.7. The second-order valence-corrected chi connectivity index (χ2v) is 9.36. The highest BCUT2D eigenvalue weighted by Crippen LogP contribution is 2.31. The smallest absolute Gasteiger partial charge is 0.338 e. The first kappa shape index (κ1) is 26.7. The number of benzene rings is 2. The highest BCUT2D eigenvalue weighted by atomic mass is 79.9. The molecule has 0 aliphatic carbocycles. The van der Waals surface area contributed by atoms with Crippen molar-refractivity contribution in [2.75, 3.05) is 30.0 Å². The summed E-state index contributed by atoms with van der Waals surface area (Å²) in [6.07, 6.45) is 1.70. The standard InChI is InChI=1S/C25H26BrClN2O6/c1-3-4-11-34-24(32)16-5-7-18(8-6-16)29-13-17(12-22(29)31)25(33)35-14-21(30)28-20-10-9-19(26)23(27)15(20)2/h5-10,17H,3-4,11-14H2,1-2H3,(H,28,30)/t17-/m1/s1. The van der Waals surface area contributed by atoms with Gasteiger partial charge in [-0.3, -0.25) is 14.4 Å². The van der Waals surface area contributed by atoms with E-state index in [0.29, 0.717) is 38.6 Å². The minimum atomic E-state index is -0.696. The van der Waals surface area contributed by atoms with Gasteiger partial charge in [-0.05, 0) is 71.2 Å². The number of anilines is 2. The van der Waals surface area contributed by atoms with Gasteiger partial charge >= 0.3 is 11.9 Å². The Balaban J connectivity index is 1.52. The molecule has 1 saturated heterocycles. The van der Waals surface area contributed by atoms with E-state index in [-0.39, 0.29) is 18.9 Å². The number of halogens is 2. The average Bonchev–Trinajstić information content (AvgIpc) is 3.24. The molecule has 0 unspecified atom stereocenters. The van der Waals surface area contributed by atoms with E-state index in [9.17, 15) is 19.2 Å². The molecule has 10 heteroatoms. The molecule has 1 aliphatic rings. The Hall–Kier alpha value is -2.91. The number of hydrogen-bond acceptors (Lipinski definition) is 6. The van der Waals surface area contributed by atoms with Gasteiger partial charge in [-0.25, -0.2) is 4.79 Å². The van der Waals surface area contributed by atoms with Crippen molar-refractivity contribution in [1.82, 2.24) is 0 Å². The fourth-order valence-electron chi connectivity index (χ4n) is 3.51. The van der Waals surface area contributed by atoms with Gasteiger partial charge in [-0.15, -0.1) is 0 Å². The van der Waals surface area contributed by atoms with Gasteiger partial charge in [0.05, 0.1) is 23.1 Å². The Morgan fingerprint density at radius 3 is 2.54 bits per heavy atom. The largest absolute Gasteiger partial charge is 0.462 e. The number of nitrogens with one attached hydrogen (secondary N) is 1. The molecule has 8 nitrogen and oxygen atoms in total. The predicted molar refractivity (Wildman–Crippen MR) is 136 cm³/mol. The van der Waals surface area contributed by atoms with E-state index < -0.39 is 30.4 Å². The van der Waals surface area contributed by atoms with E-state index in [0.717, 1.165) is 12.8 Å². The number of unbranched alkanes of at least 4 members (excludes halogenated alkanes) is 1. The molecule has 3 rings (SSSR count). The van der Waals surface area contributed by atoms with Crippen molar-refractivity contribution in [3.63, 3.8) is 0 Å². The van der Waals surface area contributed by atoms with Gasteiger partial charge in [0.1, 0.15) is 0 Å². The van der Waals surface area contributed by atoms with E-state index in [1.165, 1.54) is 4.90 Å². The molecule has 0 saturated carbocycles. The van der Waals surface area contributed by atoms with Gasteiger partial charge in [0.2, 0.25) is 5.91 Å². The van der Waals surface area contributed by atoms with Gasteiger partial charge < -0.3 is 19.7 Å². The van der Waals surface area contributed by atoms with Crippen molar-refractivity contribution in [3.05, 3.63) is 57.0 Å². The van der Waals surface area contributed by atoms with Crippen molar-refractivity contribution in [2.45, 2.75) is 33.1 Å². The Bertz CT molecular complexity index is 1120. The first-order valence-corrected chi connectivity index (χ1v) is 12.4. The van der Waals surface area contributed by atoms with Crippen LogP contribution in [0.3, 0.4) is 0 Å². The summed E-state index contributed by atoms with van der Waals surface area (Å²) in [5, 5.41) is 3.14. The lowest BCUT2D eigenvalue weighted by atomic mass is 10.1. The summed E-state index contributed by atoms with van der Waals surface area (Å²) in [5.41, 5.74) is 2.15. The maximum Gasteiger partial charge on any atom is 0.338 e. The third-order valence-electron chi connectivity index (χ3n) is 5.56. The Kier molecular flexibility index (Phi) is 9.28. The maximum absolute atomic E-state index is 12.5. The van der Waals surface area contributed by atoms with Crippen molar-refractivity contribution >= 4 is 62.7 Å². The van der Waals surface area contributed by atoms with Crippen LogP contribution in [0.2, 0.25) is 5.02 Å². The molecule has 1 aliphatic heterocycles. The molecular weight excluding hydrogens is 540 g/mol. The van der Waals surface area contributed by atoms with Crippen LogP contribution >= 0.6 is 27.5 Å². The summed E-state index contributed by atoms with van der Waals surface area (Å²) in [7, 11) is 0. The highest BCUT2D eigenvalue weighted by molar-refractivity contribution is 9.10. The van der Waals surface area contributed by atoms with Crippen LogP contribution < -0.4 is 10.2 Å². The number of esters is 2. The number of carbonyl (C=O) groups excluding carboxylic acids is 4. The fraction of sp³-hybridized carbons (Fsp3) is 0.360. The van der Waals surface area contributed by atoms with Gasteiger partial charge in [0, 0.05) is 28.8 Å². The zero-order chi connectivity index (χ0) is 25.5. The summed E-state index contributed by atoms with van der Waals surface area (Å²) in [6.45, 7) is 3.77. The van der Waals surface area contributed by atoms with Gasteiger partial charge in [-0.1, -0.05) is 24.9 Å². The average molecular weight is 566 g/mol. The Morgan fingerprint density at radius 1 is 1.14 bits per heavy atom. The van der Waals surface area contributed by atoms with Crippen molar-refractivity contribution < 1.29 is 28.7 Å². The fourth-order valence-corrected chi connectivity index (χ4v) is 4.11. The molecule has 35 heavy (non-hydrogen) atoms. The second-order valence-electron chi connectivity index (χ2n) is 8.13. The van der Waals surface area contributed by atoms with E-state index in [1.54, 1.807) is 43.3 Å². The summed E-state index contributed by atoms with van der Waals surface area (Å²) < 4.78 is 11.0. The molecule has 1 fully saturated rings. The number of rotatable bonds is 9. The molecule has 1 atom stereocenters. The van der Waals surface area contributed by atoms with Crippen LogP contribution in [0.4, 0.5) is 11.4 Å². The topological polar surface area (TPSA) is 102 Å². The maximum atomic E-state index is 12.5. The molecule has 0 aromatic heterocycles. The molecule has 2 aromatic carbocycles. The second kappa shape index (κ2) is 12.2. The molecule has 1 N–H and O–H groups in total. The van der Waals surface area contributed by atoms with Crippen molar-refractivity contribution in [2.24, 2.45) is 5.92 Å². The lowest BCUT2D eigenvalue weighted by Gasteiger charge is -2.17. The number of hydrogen-bond donors (Lipinski definition) is 1. The number of ether oxygens (including phenoxy) is 2. The monoisotopic (exact) mass is 564 g/mol. The summed E-state index contributed by atoms with van der Waals surface area (Å²) >= 11 is 9.48. The third-order valence-corrected chi connectivity index (χ3v) is 6.94. The van der Waals surface area contributed by atoms with Crippen LogP contribution in [0.25, 0.3) is 0 Å². The molecule has 1 heterocycles. The van der Waals surface area contributed by atoms with E-state index in [2.05, 4.69) is 21.2 Å². The summed E-state index contributed by atoms with van der Waals surface area (Å²) in [6, 6.07) is 9.85. The third kappa shape index (κ3) is 6.82. The van der Waals surface area contributed by atoms with Crippen LogP contribution in [0.5, 0.6) is 0 Å². The molecule has 2 aromatic rings. The number of carbonyl (C=O) groups is 4. The first-order valence-electron chi connectivity index (χ1n) is 11.2. The molecule has 0 spiro atoms. The van der Waals surface area contributed by atoms with Crippen molar-refractivity contribution in [1.29, 1.82) is 0 Å². The number of nitrogens with zero attached hydrogens (tertiary/aromatic N) is 1. The van der Waals surface area contributed by atoms with E-state index in [1.807, 2.05) is 6.92 Å². The molecule has 0 radical (unpaired) electrons. The van der Waals surface area contributed by atoms with Crippen LogP contribution in [0.15, 0.2) is 40.9 Å². The predicted octanol–water partition coefficient (Wildman–Crippen LogP) is 4.90. The highest BCUT2D eigenvalue weighted by Gasteiger charge is 2.36. The number of amides is 2. The lowest BCUT2D eigenvalue weighted by molar-refractivity contribution is -0.151.